The number of ether oxygens (including phenoxy) is 1. The van der Waals surface area contributed by atoms with Gasteiger partial charge in [0.25, 0.3) is 0 Å². The van der Waals surface area contributed by atoms with Gasteiger partial charge >= 0.3 is 0 Å². The first kappa shape index (κ1) is 22.7. The number of aromatic nitrogens is 1. The Hall–Kier alpha value is -3.06. The lowest BCUT2D eigenvalue weighted by Gasteiger charge is -2.26. The van der Waals surface area contributed by atoms with Crippen molar-refractivity contribution in [3.63, 3.8) is 0 Å². The number of hydrogen-bond donors (Lipinski definition) is 1. The van der Waals surface area contributed by atoms with Gasteiger partial charge in [0.15, 0.2) is 5.11 Å². The van der Waals surface area contributed by atoms with Gasteiger partial charge in [-0.3, -0.25) is 4.98 Å². The van der Waals surface area contributed by atoms with Gasteiger partial charge in [-0.2, -0.15) is 0 Å². The smallest absolute Gasteiger partial charge is 0.174 e. The number of nitrogens with one attached hydrogen (secondary N) is 1. The van der Waals surface area contributed by atoms with Crippen molar-refractivity contribution in [3.05, 3.63) is 100.0 Å². The summed E-state index contributed by atoms with van der Waals surface area (Å²) in [5, 5.41) is 5.17. The van der Waals surface area contributed by atoms with Gasteiger partial charge in [-0.25, -0.2) is 0 Å². The molecule has 2 aromatic carbocycles. The molecule has 2 atom stereocenters. The van der Waals surface area contributed by atoms with Crippen molar-refractivity contribution in [2.75, 3.05) is 12.0 Å². The maximum Gasteiger partial charge on any atom is 0.174 e. The van der Waals surface area contributed by atoms with Crippen molar-refractivity contribution >= 4 is 46.2 Å². The molecule has 0 radical (unpaired) electrons. The van der Waals surface area contributed by atoms with Crippen LogP contribution in [0.25, 0.3) is 11.3 Å². The standard InChI is InChI=1S/C26H21Cl2N3O2S/c1-15-17(6-5-7-18(15)27)21-11-12-23(33-21)25-24(20-8-3-4-13-29-20)30-26(34)31(25)16-9-10-22(32-2)19(28)14-16/h3-14,24-25H,1-2H3,(H,30,34)/t24-,25+/m1/s1. The first-order valence-electron chi connectivity index (χ1n) is 10.7. The Balaban J connectivity index is 1.62. The van der Waals surface area contributed by atoms with Gasteiger partial charge in [0, 0.05) is 22.5 Å². The highest BCUT2D eigenvalue weighted by Gasteiger charge is 2.42. The molecule has 0 bridgehead atoms. The van der Waals surface area contributed by atoms with Crippen LogP contribution in [0, 0.1) is 6.92 Å². The van der Waals surface area contributed by atoms with E-state index in [1.165, 1.54) is 0 Å². The Bertz CT molecular complexity index is 1360. The number of halogens is 2. The lowest BCUT2D eigenvalue weighted by atomic mass is 10.0. The van der Waals surface area contributed by atoms with Crippen LogP contribution in [0.2, 0.25) is 10.0 Å². The van der Waals surface area contributed by atoms with Crippen molar-refractivity contribution in [3.8, 4) is 17.1 Å². The van der Waals surface area contributed by atoms with E-state index < -0.39 is 0 Å². The summed E-state index contributed by atoms with van der Waals surface area (Å²) in [4.78, 5) is 6.59. The number of anilines is 1. The summed E-state index contributed by atoms with van der Waals surface area (Å²) in [5.74, 6) is 2.07. The average molecular weight is 510 g/mol. The highest BCUT2D eigenvalue weighted by atomic mass is 35.5. The molecule has 2 aromatic heterocycles. The van der Waals surface area contributed by atoms with Crippen molar-refractivity contribution in [1.82, 2.24) is 10.3 Å². The second kappa shape index (κ2) is 9.29. The zero-order valence-corrected chi connectivity index (χ0v) is 20.8. The topological polar surface area (TPSA) is 50.5 Å². The number of nitrogens with zero attached hydrogens (tertiary/aromatic N) is 2. The van der Waals surface area contributed by atoms with Gasteiger partial charge in [-0.1, -0.05) is 41.4 Å². The van der Waals surface area contributed by atoms with Crippen LogP contribution in [0.1, 0.15) is 29.1 Å². The van der Waals surface area contributed by atoms with Crippen LogP contribution in [0.3, 0.4) is 0 Å². The fourth-order valence-electron chi connectivity index (χ4n) is 4.26. The molecule has 8 heteroatoms. The molecule has 1 N–H and O–H groups in total. The van der Waals surface area contributed by atoms with Crippen LogP contribution in [0.5, 0.6) is 5.75 Å². The van der Waals surface area contributed by atoms with E-state index in [0.717, 1.165) is 34.0 Å². The number of rotatable bonds is 5. The number of hydrogen-bond acceptors (Lipinski definition) is 4. The van der Waals surface area contributed by atoms with E-state index in [0.29, 0.717) is 20.9 Å². The molecule has 0 unspecified atom stereocenters. The molecule has 3 heterocycles. The van der Waals surface area contributed by atoms with Crippen molar-refractivity contribution in [2.45, 2.75) is 19.0 Å². The summed E-state index contributed by atoms with van der Waals surface area (Å²) in [6, 6.07) is 20.6. The monoisotopic (exact) mass is 509 g/mol. The molecule has 0 spiro atoms. The van der Waals surface area contributed by atoms with Crippen LogP contribution < -0.4 is 15.0 Å². The Morgan fingerprint density at radius 3 is 2.62 bits per heavy atom. The molecule has 172 valence electrons. The molecule has 5 nitrogen and oxygen atoms in total. The van der Waals surface area contributed by atoms with Gasteiger partial charge in [0.1, 0.15) is 23.3 Å². The second-order valence-electron chi connectivity index (χ2n) is 7.93. The van der Waals surface area contributed by atoms with E-state index in [4.69, 9.17) is 44.6 Å². The molecular weight excluding hydrogens is 489 g/mol. The largest absolute Gasteiger partial charge is 0.495 e. The maximum absolute atomic E-state index is 6.46. The van der Waals surface area contributed by atoms with Gasteiger partial charge < -0.3 is 19.4 Å². The number of benzene rings is 2. The van der Waals surface area contributed by atoms with Crippen LogP contribution in [0.4, 0.5) is 5.69 Å². The zero-order valence-electron chi connectivity index (χ0n) is 18.5. The fourth-order valence-corrected chi connectivity index (χ4v) is 5.03. The zero-order chi connectivity index (χ0) is 23.8. The Morgan fingerprint density at radius 1 is 1.03 bits per heavy atom. The molecule has 0 saturated carbocycles. The normalized spacial score (nSPS) is 17.6. The second-order valence-corrected chi connectivity index (χ2v) is 9.13. The van der Waals surface area contributed by atoms with Gasteiger partial charge in [-0.05, 0) is 73.2 Å². The summed E-state index contributed by atoms with van der Waals surface area (Å²) in [5.41, 5.74) is 3.59. The lowest BCUT2D eigenvalue weighted by molar-refractivity contribution is 0.415. The van der Waals surface area contributed by atoms with E-state index >= 15 is 0 Å². The van der Waals surface area contributed by atoms with E-state index in [-0.39, 0.29) is 12.1 Å². The number of pyridine rings is 1. The van der Waals surface area contributed by atoms with Gasteiger partial charge in [0.2, 0.25) is 0 Å². The van der Waals surface area contributed by atoms with Crippen LogP contribution in [0.15, 0.2) is 77.3 Å². The molecule has 4 aromatic rings. The first-order chi connectivity index (χ1) is 16.5. The molecule has 0 aliphatic carbocycles. The summed E-state index contributed by atoms with van der Waals surface area (Å²) < 4.78 is 11.8. The van der Waals surface area contributed by atoms with Crippen LogP contribution in [-0.4, -0.2) is 17.2 Å². The van der Waals surface area contributed by atoms with Crippen LogP contribution in [-0.2, 0) is 0 Å². The van der Waals surface area contributed by atoms with Crippen LogP contribution >= 0.6 is 35.4 Å². The van der Waals surface area contributed by atoms with E-state index in [1.54, 1.807) is 13.3 Å². The molecule has 0 amide bonds. The van der Waals surface area contributed by atoms with E-state index in [2.05, 4.69) is 10.3 Å². The highest BCUT2D eigenvalue weighted by molar-refractivity contribution is 7.80. The Kier molecular flexibility index (Phi) is 6.21. The fraction of sp³-hybridized carbons (Fsp3) is 0.154. The quantitative estimate of drug-likeness (QED) is 0.288. The lowest BCUT2D eigenvalue weighted by Crippen LogP contribution is -2.29. The SMILES string of the molecule is COc1ccc(N2C(=S)N[C@H](c3ccccn3)[C@@H]2c2ccc(-c3cccc(Cl)c3C)o2)cc1Cl. The molecule has 1 aliphatic heterocycles. The van der Waals surface area contributed by atoms with Crippen molar-refractivity contribution in [1.29, 1.82) is 0 Å². The Labute approximate surface area is 213 Å². The predicted octanol–water partition coefficient (Wildman–Crippen LogP) is 7.14. The first-order valence-corrected chi connectivity index (χ1v) is 11.8. The highest BCUT2D eigenvalue weighted by Crippen LogP contribution is 2.44. The molecule has 1 aliphatic rings. The van der Waals surface area contributed by atoms with Crippen molar-refractivity contribution in [2.24, 2.45) is 0 Å². The molecule has 5 rings (SSSR count). The third-order valence-corrected chi connectivity index (χ3v) is 6.98. The molecule has 34 heavy (non-hydrogen) atoms. The third kappa shape index (κ3) is 4.02. The van der Waals surface area contributed by atoms with Gasteiger partial charge in [-0.15, -0.1) is 0 Å². The Morgan fingerprint density at radius 2 is 1.88 bits per heavy atom. The van der Waals surface area contributed by atoms with E-state index in [9.17, 15) is 0 Å². The van der Waals surface area contributed by atoms with Crippen molar-refractivity contribution < 1.29 is 9.15 Å². The molecule has 1 fully saturated rings. The minimum Gasteiger partial charge on any atom is -0.495 e. The molecular formula is C26H21Cl2N3O2S. The summed E-state index contributed by atoms with van der Waals surface area (Å²) in [7, 11) is 1.59. The predicted molar refractivity (Wildman–Crippen MR) is 140 cm³/mol. The number of methoxy groups -OCH3 is 1. The summed E-state index contributed by atoms with van der Waals surface area (Å²) >= 11 is 18.6. The number of thiocarbonyl (C=S) groups is 1. The maximum atomic E-state index is 6.46. The minimum atomic E-state index is -0.292. The average Bonchev–Trinajstić information content (AvgIpc) is 3.46. The third-order valence-electron chi connectivity index (χ3n) is 5.96. The van der Waals surface area contributed by atoms with Gasteiger partial charge in [0.05, 0.1) is 23.9 Å². The van der Waals surface area contributed by atoms with E-state index in [1.807, 2.05) is 78.6 Å². The number of furan rings is 1. The minimum absolute atomic E-state index is 0.228. The summed E-state index contributed by atoms with van der Waals surface area (Å²) in [6.45, 7) is 1.98. The summed E-state index contributed by atoms with van der Waals surface area (Å²) in [6.07, 6.45) is 1.77. The molecule has 1 saturated heterocycles.